The van der Waals surface area contributed by atoms with Crippen LogP contribution in [-0.2, 0) is 0 Å². The van der Waals surface area contributed by atoms with Gasteiger partial charge in [-0.3, -0.25) is 4.79 Å². The molecule has 0 unspecified atom stereocenters. The average Bonchev–Trinajstić information content (AvgIpc) is 2.03. The SMILES string of the molecule is CC(C)c1c(I)cccc1C=O. The first-order valence-electron chi connectivity index (χ1n) is 3.90. The quantitative estimate of drug-likeness (QED) is 0.597. The number of carbonyl (C=O) groups excluding carboxylic acids is 1. The summed E-state index contributed by atoms with van der Waals surface area (Å²) < 4.78 is 1.17. The van der Waals surface area contributed by atoms with Gasteiger partial charge < -0.3 is 0 Å². The molecule has 0 atom stereocenters. The Morgan fingerprint density at radius 1 is 1.42 bits per heavy atom. The van der Waals surface area contributed by atoms with E-state index in [1.54, 1.807) is 0 Å². The Morgan fingerprint density at radius 2 is 2.08 bits per heavy atom. The van der Waals surface area contributed by atoms with E-state index >= 15 is 0 Å². The summed E-state index contributed by atoms with van der Waals surface area (Å²) in [5.74, 6) is 0.415. The number of aldehydes is 1. The van der Waals surface area contributed by atoms with Gasteiger partial charge in [0, 0.05) is 9.13 Å². The van der Waals surface area contributed by atoms with E-state index in [2.05, 4.69) is 36.4 Å². The molecule has 0 aliphatic heterocycles. The number of benzene rings is 1. The van der Waals surface area contributed by atoms with E-state index in [1.807, 2.05) is 18.2 Å². The van der Waals surface area contributed by atoms with Gasteiger partial charge in [0.2, 0.25) is 0 Å². The Bertz CT molecular complexity index is 292. The maximum absolute atomic E-state index is 10.7. The highest BCUT2D eigenvalue weighted by Gasteiger charge is 2.08. The molecule has 2 heteroatoms. The third-order valence-electron chi connectivity index (χ3n) is 1.79. The third-order valence-corrected chi connectivity index (χ3v) is 2.73. The molecule has 0 amide bonds. The lowest BCUT2D eigenvalue weighted by Crippen LogP contribution is -1.97. The maximum atomic E-state index is 10.7. The molecule has 0 fully saturated rings. The summed E-state index contributed by atoms with van der Waals surface area (Å²) in [6.45, 7) is 4.20. The van der Waals surface area contributed by atoms with Crippen LogP contribution in [0.15, 0.2) is 18.2 Å². The summed E-state index contributed by atoms with van der Waals surface area (Å²) in [5.41, 5.74) is 1.98. The Kier molecular flexibility index (Phi) is 3.26. The van der Waals surface area contributed by atoms with Crippen molar-refractivity contribution in [3.8, 4) is 0 Å². The van der Waals surface area contributed by atoms with Gasteiger partial charge in [0.25, 0.3) is 0 Å². The van der Waals surface area contributed by atoms with Crippen molar-refractivity contribution in [2.75, 3.05) is 0 Å². The first kappa shape index (κ1) is 9.71. The molecule has 0 aliphatic rings. The van der Waals surface area contributed by atoms with Crippen LogP contribution in [0.25, 0.3) is 0 Å². The second-order valence-corrected chi connectivity index (χ2v) is 4.18. The molecular formula is C10H11IO. The Hall–Kier alpha value is -0.380. The second kappa shape index (κ2) is 4.03. The zero-order valence-corrected chi connectivity index (χ0v) is 9.33. The van der Waals surface area contributed by atoms with Crippen molar-refractivity contribution in [1.82, 2.24) is 0 Å². The average molecular weight is 274 g/mol. The van der Waals surface area contributed by atoms with Gasteiger partial charge in [-0.25, -0.2) is 0 Å². The van der Waals surface area contributed by atoms with Gasteiger partial charge in [-0.05, 0) is 40.1 Å². The molecule has 0 saturated heterocycles. The van der Waals surface area contributed by atoms with E-state index in [0.29, 0.717) is 5.92 Å². The van der Waals surface area contributed by atoms with E-state index < -0.39 is 0 Å². The molecule has 0 heterocycles. The summed E-state index contributed by atoms with van der Waals surface area (Å²) in [4.78, 5) is 10.7. The van der Waals surface area contributed by atoms with E-state index in [9.17, 15) is 4.79 Å². The maximum Gasteiger partial charge on any atom is 0.150 e. The fourth-order valence-electron chi connectivity index (χ4n) is 1.27. The van der Waals surface area contributed by atoms with E-state index in [0.717, 1.165) is 17.4 Å². The molecule has 0 spiro atoms. The standard InChI is InChI=1S/C10H11IO/c1-7(2)10-8(6-12)4-3-5-9(10)11/h3-7H,1-2H3. The molecule has 0 bridgehead atoms. The number of hydrogen-bond donors (Lipinski definition) is 0. The van der Waals surface area contributed by atoms with Crippen LogP contribution in [0.1, 0.15) is 35.7 Å². The molecule has 1 aromatic carbocycles. The van der Waals surface area contributed by atoms with Crippen molar-refractivity contribution in [2.24, 2.45) is 0 Å². The highest BCUT2D eigenvalue weighted by atomic mass is 127. The number of carbonyl (C=O) groups is 1. The normalized spacial score (nSPS) is 10.3. The second-order valence-electron chi connectivity index (χ2n) is 3.02. The summed E-state index contributed by atoms with van der Waals surface area (Å²) in [5, 5.41) is 0. The topological polar surface area (TPSA) is 17.1 Å². The number of hydrogen-bond acceptors (Lipinski definition) is 1. The summed E-state index contributed by atoms with van der Waals surface area (Å²) in [6.07, 6.45) is 0.928. The van der Waals surface area contributed by atoms with E-state index in [4.69, 9.17) is 0 Å². The molecule has 0 N–H and O–H groups in total. The lowest BCUT2D eigenvalue weighted by Gasteiger charge is -2.10. The third kappa shape index (κ3) is 1.86. The van der Waals surface area contributed by atoms with Crippen LogP contribution in [-0.4, -0.2) is 6.29 Å². The number of halogens is 1. The van der Waals surface area contributed by atoms with Crippen molar-refractivity contribution in [2.45, 2.75) is 19.8 Å². The van der Waals surface area contributed by atoms with Crippen LogP contribution in [0.5, 0.6) is 0 Å². The zero-order valence-electron chi connectivity index (χ0n) is 7.17. The summed E-state index contributed by atoms with van der Waals surface area (Å²) in [7, 11) is 0. The molecule has 0 radical (unpaired) electrons. The van der Waals surface area contributed by atoms with Gasteiger partial charge in [-0.1, -0.05) is 26.0 Å². The lowest BCUT2D eigenvalue weighted by atomic mass is 9.98. The molecule has 1 rings (SSSR count). The zero-order chi connectivity index (χ0) is 9.14. The summed E-state index contributed by atoms with van der Waals surface area (Å²) >= 11 is 2.27. The van der Waals surface area contributed by atoms with Gasteiger partial charge in [0.1, 0.15) is 6.29 Å². The van der Waals surface area contributed by atoms with E-state index in [-0.39, 0.29) is 0 Å². The van der Waals surface area contributed by atoms with Crippen molar-refractivity contribution in [3.05, 3.63) is 32.9 Å². The van der Waals surface area contributed by atoms with Crippen LogP contribution < -0.4 is 0 Å². The van der Waals surface area contributed by atoms with Crippen molar-refractivity contribution in [1.29, 1.82) is 0 Å². The lowest BCUT2D eigenvalue weighted by molar-refractivity contribution is 0.112. The highest BCUT2D eigenvalue weighted by Crippen LogP contribution is 2.23. The Morgan fingerprint density at radius 3 is 2.50 bits per heavy atom. The fraction of sp³-hybridized carbons (Fsp3) is 0.300. The van der Waals surface area contributed by atoms with Crippen LogP contribution in [0.2, 0.25) is 0 Å². The monoisotopic (exact) mass is 274 g/mol. The predicted molar refractivity (Wildman–Crippen MR) is 58.6 cm³/mol. The largest absolute Gasteiger partial charge is 0.298 e. The van der Waals surface area contributed by atoms with Gasteiger partial charge in [-0.15, -0.1) is 0 Å². The van der Waals surface area contributed by atoms with Crippen molar-refractivity contribution >= 4 is 28.9 Å². The van der Waals surface area contributed by atoms with Gasteiger partial charge in [0.15, 0.2) is 0 Å². The number of rotatable bonds is 2. The predicted octanol–water partition coefficient (Wildman–Crippen LogP) is 3.23. The van der Waals surface area contributed by atoms with Crippen LogP contribution in [0.3, 0.4) is 0 Å². The van der Waals surface area contributed by atoms with Crippen LogP contribution in [0.4, 0.5) is 0 Å². The first-order valence-corrected chi connectivity index (χ1v) is 4.98. The van der Waals surface area contributed by atoms with Crippen LogP contribution in [0, 0.1) is 3.57 Å². The minimum atomic E-state index is 0.415. The Labute approximate surface area is 86.3 Å². The van der Waals surface area contributed by atoms with Crippen molar-refractivity contribution < 1.29 is 4.79 Å². The molecule has 0 aromatic heterocycles. The molecule has 64 valence electrons. The van der Waals surface area contributed by atoms with Crippen LogP contribution >= 0.6 is 22.6 Å². The molecule has 1 nitrogen and oxygen atoms in total. The van der Waals surface area contributed by atoms with Crippen molar-refractivity contribution in [3.63, 3.8) is 0 Å². The van der Waals surface area contributed by atoms with Gasteiger partial charge in [0.05, 0.1) is 0 Å². The molecule has 1 aromatic rings. The molecule has 0 saturated carbocycles. The minimum Gasteiger partial charge on any atom is -0.298 e. The fourth-order valence-corrected chi connectivity index (χ4v) is 2.41. The smallest absolute Gasteiger partial charge is 0.150 e. The van der Waals surface area contributed by atoms with Gasteiger partial charge >= 0.3 is 0 Å². The molecule has 12 heavy (non-hydrogen) atoms. The minimum absolute atomic E-state index is 0.415. The molecular weight excluding hydrogens is 263 g/mol. The Balaban J connectivity index is 3.29. The molecule has 0 aliphatic carbocycles. The summed E-state index contributed by atoms with van der Waals surface area (Å²) in [6, 6.07) is 5.81. The highest BCUT2D eigenvalue weighted by molar-refractivity contribution is 14.1. The first-order chi connectivity index (χ1) is 5.66. The van der Waals surface area contributed by atoms with E-state index in [1.165, 1.54) is 3.57 Å². The van der Waals surface area contributed by atoms with Gasteiger partial charge in [-0.2, -0.15) is 0 Å².